The normalized spacial score (nSPS) is 18.4. The standard InChI is InChI=1S/C10H9NO4/c12-8(13)5-11-10-9(14)6-3-1-2-4-7(6)15-10/h1-4,10-11H,5H2,(H,12,13). The fourth-order valence-electron chi connectivity index (χ4n) is 1.41. The molecule has 2 rings (SSSR count). The van der Waals surface area contributed by atoms with Gasteiger partial charge in [-0.2, -0.15) is 0 Å². The molecule has 0 bridgehead atoms. The Labute approximate surface area is 85.7 Å². The quantitative estimate of drug-likeness (QED) is 0.743. The summed E-state index contributed by atoms with van der Waals surface area (Å²) in [4.78, 5) is 21.9. The lowest BCUT2D eigenvalue weighted by molar-refractivity contribution is -0.136. The van der Waals surface area contributed by atoms with E-state index >= 15 is 0 Å². The Kier molecular flexibility index (Phi) is 2.39. The maximum Gasteiger partial charge on any atom is 0.317 e. The summed E-state index contributed by atoms with van der Waals surface area (Å²) in [6, 6.07) is 6.82. The fraction of sp³-hybridized carbons (Fsp3) is 0.200. The van der Waals surface area contributed by atoms with E-state index in [1.54, 1.807) is 24.3 Å². The van der Waals surface area contributed by atoms with E-state index in [1.807, 2.05) is 0 Å². The van der Waals surface area contributed by atoms with Gasteiger partial charge >= 0.3 is 5.97 Å². The molecule has 1 unspecified atom stereocenters. The zero-order valence-corrected chi connectivity index (χ0v) is 7.77. The molecule has 0 amide bonds. The number of carbonyl (C=O) groups excluding carboxylic acids is 1. The summed E-state index contributed by atoms with van der Waals surface area (Å²) in [6.45, 7) is -0.301. The number of benzene rings is 1. The molecule has 0 saturated carbocycles. The van der Waals surface area contributed by atoms with Crippen LogP contribution >= 0.6 is 0 Å². The van der Waals surface area contributed by atoms with E-state index < -0.39 is 12.2 Å². The second-order valence-electron chi connectivity index (χ2n) is 3.13. The maximum absolute atomic E-state index is 11.6. The van der Waals surface area contributed by atoms with E-state index in [1.165, 1.54) is 0 Å². The molecule has 1 heterocycles. The highest BCUT2D eigenvalue weighted by atomic mass is 16.5. The lowest BCUT2D eigenvalue weighted by Crippen LogP contribution is -2.40. The van der Waals surface area contributed by atoms with Gasteiger partial charge in [0.15, 0.2) is 0 Å². The molecule has 0 aromatic heterocycles. The molecular weight excluding hydrogens is 198 g/mol. The van der Waals surface area contributed by atoms with Gasteiger partial charge in [-0.25, -0.2) is 0 Å². The molecule has 5 nitrogen and oxygen atoms in total. The lowest BCUT2D eigenvalue weighted by atomic mass is 10.1. The number of hydrogen-bond acceptors (Lipinski definition) is 4. The predicted molar refractivity (Wildman–Crippen MR) is 50.8 cm³/mol. The number of rotatable bonds is 3. The van der Waals surface area contributed by atoms with Crippen molar-refractivity contribution >= 4 is 11.8 Å². The monoisotopic (exact) mass is 207 g/mol. The molecule has 15 heavy (non-hydrogen) atoms. The van der Waals surface area contributed by atoms with Crippen molar-refractivity contribution in [2.45, 2.75) is 6.23 Å². The Morgan fingerprint density at radius 1 is 1.47 bits per heavy atom. The molecular formula is C10H9NO4. The van der Waals surface area contributed by atoms with Crippen LogP contribution in [0.5, 0.6) is 5.75 Å². The number of carbonyl (C=O) groups is 2. The number of hydrogen-bond donors (Lipinski definition) is 2. The Balaban J connectivity index is 2.10. The maximum atomic E-state index is 11.6. The molecule has 1 aromatic rings. The van der Waals surface area contributed by atoms with E-state index in [9.17, 15) is 9.59 Å². The Morgan fingerprint density at radius 3 is 2.87 bits per heavy atom. The summed E-state index contributed by atoms with van der Waals surface area (Å²) >= 11 is 0. The zero-order valence-electron chi connectivity index (χ0n) is 7.77. The summed E-state index contributed by atoms with van der Waals surface area (Å²) < 4.78 is 5.25. The van der Waals surface area contributed by atoms with Crippen LogP contribution in [0.4, 0.5) is 0 Å². The number of carboxylic acids is 1. The number of Topliss-reactive ketones (excluding diaryl/α,β-unsaturated/α-hetero) is 1. The molecule has 0 spiro atoms. The van der Waals surface area contributed by atoms with E-state index in [0.717, 1.165) is 0 Å². The molecule has 0 aliphatic carbocycles. The van der Waals surface area contributed by atoms with Gasteiger partial charge in [0.1, 0.15) is 5.75 Å². The average molecular weight is 207 g/mol. The van der Waals surface area contributed by atoms with E-state index in [4.69, 9.17) is 9.84 Å². The van der Waals surface area contributed by atoms with Crippen LogP contribution in [0.2, 0.25) is 0 Å². The third kappa shape index (κ3) is 1.82. The van der Waals surface area contributed by atoms with Crippen molar-refractivity contribution in [2.75, 3.05) is 6.54 Å². The zero-order chi connectivity index (χ0) is 10.8. The SMILES string of the molecule is O=C(O)CNC1Oc2ccccc2C1=O. The van der Waals surface area contributed by atoms with Gasteiger partial charge in [-0.05, 0) is 12.1 Å². The van der Waals surface area contributed by atoms with Crippen LogP contribution < -0.4 is 10.1 Å². The van der Waals surface area contributed by atoms with Gasteiger partial charge in [0.2, 0.25) is 12.0 Å². The first kappa shape index (κ1) is 9.67. The first-order chi connectivity index (χ1) is 7.18. The highest BCUT2D eigenvalue weighted by Gasteiger charge is 2.31. The fourth-order valence-corrected chi connectivity index (χ4v) is 1.41. The van der Waals surface area contributed by atoms with Gasteiger partial charge in [0, 0.05) is 0 Å². The second kappa shape index (κ2) is 3.70. The number of para-hydroxylation sites is 1. The Bertz CT molecular complexity index is 416. The number of nitrogens with one attached hydrogen (secondary N) is 1. The smallest absolute Gasteiger partial charge is 0.317 e. The number of fused-ring (bicyclic) bond motifs is 1. The molecule has 78 valence electrons. The van der Waals surface area contributed by atoms with Gasteiger partial charge in [0.25, 0.3) is 0 Å². The molecule has 2 N–H and O–H groups in total. The molecule has 1 aliphatic heterocycles. The van der Waals surface area contributed by atoms with Gasteiger partial charge < -0.3 is 9.84 Å². The van der Waals surface area contributed by atoms with Crippen LogP contribution in [0.1, 0.15) is 10.4 Å². The number of aliphatic carboxylic acids is 1. The first-order valence-electron chi connectivity index (χ1n) is 4.43. The minimum atomic E-state index is -1.03. The summed E-state index contributed by atoms with van der Waals surface area (Å²) in [6.07, 6.45) is -0.876. The van der Waals surface area contributed by atoms with Crippen molar-refractivity contribution in [3.8, 4) is 5.75 Å². The Morgan fingerprint density at radius 2 is 2.20 bits per heavy atom. The van der Waals surface area contributed by atoms with Crippen LogP contribution in [-0.2, 0) is 4.79 Å². The van der Waals surface area contributed by atoms with Gasteiger partial charge in [0.05, 0.1) is 12.1 Å². The average Bonchev–Trinajstić information content (AvgIpc) is 2.54. The molecule has 0 fully saturated rings. The molecule has 1 aliphatic rings. The van der Waals surface area contributed by atoms with Gasteiger partial charge in [-0.15, -0.1) is 0 Å². The lowest BCUT2D eigenvalue weighted by Gasteiger charge is -2.08. The van der Waals surface area contributed by atoms with Crippen LogP contribution in [-0.4, -0.2) is 29.6 Å². The predicted octanol–water partition coefficient (Wildman–Crippen LogP) is 0.262. The highest BCUT2D eigenvalue weighted by molar-refractivity contribution is 6.04. The molecule has 1 atom stereocenters. The summed E-state index contributed by atoms with van der Waals surface area (Å²) in [5, 5.41) is 11.0. The topological polar surface area (TPSA) is 75.6 Å². The summed E-state index contributed by atoms with van der Waals surface area (Å²) in [7, 11) is 0. The van der Waals surface area contributed by atoms with Crippen LogP contribution in [0, 0.1) is 0 Å². The molecule has 0 radical (unpaired) electrons. The third-order valence-corrected chi connectivity index (χ3v) is 2.07. The second-order valence-corrected chi connectivity index (χ2v) is 3.13. The number of ether oxygens (including phenoxy) is 1. The summed E-state index contributed by atoms with van der Waals surface area (Å²) in [5.41, 5.74) is 0.486. The first-order valence-corrected chi connectivity index (χ1v) is 4.43. The van der Waals surface area contributed by atoms with E-state index in [-0.39, 0.29) is 12.3 Å². The van der Waals surface area contributed by atoms with Crippen molar-refractivity contribution < 1.29 is 19.4 Å². The van der Waals surface area contributed by atoms with Crippen LogP contribution in [0.15, 0.2) is 24.3 Å². The van der Waals surface area contributed by atoms with E-state index in [2.05, 4.69) is 5.32 Å². The van der Waals surface area contributed by atoms with Crippen LogP contribution in [0.25, 0.3) is 0 Å². The molecule has 5 heteroatoms. The molecule has 1 aromatic carbocycles. The van der Waals surface area contributed by atoms with Gasteiger partial charge in [-0.1, -0.05) is 12.1 Å². The van der Waals surface area contributed by atoms with Crippen molar-refractivity contribution in [1.82, 2.24) is 5.32 Å². The minimum Gasteiger partial charge on any atom is -0.480 e. The van der Waals surface area contributed by atoms with Crippen molar-refractivity contribution in [2.24, 2.45) is 0 Å². The Hall–Kier alpha value is -1.88. The van der Waals surface area contributed by atoms with E-state index in [0.29, 0.717) is 11.3 Å². The highest BCUT2D eigenvalue weighted by Crippen LogP contribution is 2.26. The molecule has 0 saturated heterocycles. The number of ketones is 1. The van der Waals surface area contributed by atoms with Crippen molar-refractivity contribution in [3.63, 3.8) is 0 Å². The summed E-state index contributed by atoms with van der Waals surface area (Å²) in [5.74, 6) is -0.764. The third-order valence-electron chi connectivity index (χ3n) is 2.07. The van der Waals surface area contributed by atoms with Gasteiger partial charge in [-0.3, -0.25) is 14.9 Å². The van der Waals surface area contributed by atoms with Crippen molar-refractivity contribution in [1.29, 1.82) is 0 Å². The van der Waals surface area contributed by atoms with Crippen molar-refractivity contribution in [3.05, 3.63) is 29.8 Å². The number of carboxylic acid groups (broad SMARTS) is 1. The van der Waals surface area contributed by atoms with Crippen LogP contribution in [0.3, 0.4) is 0 Å². The largest absolute Gasteiger partial charge is 0.480 e. The minimum absolute atomic E-state index is 0.230.